The summed E-state index contributed by atoms with van der Waals surface area (Å²) in [6, 6.07) is 6.16. The maximum Gasteiger partial charge on any atom is 0.276 e. The Bertz CT molecular complexity index is 916. The highest BCUT2D eigenvalue weighted by Crippen LogP contribution is 2.28. The van der Waals surface area contributed by atoms with E-state index in [-0.39, 0.29) is 30.0 Å². The summed E-state index contributed by atoms with van der Waals surface area (Å²) in [5, 5.41) is 5.25. The summed E-state index contributed by atoms with van der Waals surface area (Å²) in [4.78, 5) is 24.6. The molecule has 0 spiro atoms. The molecule has 0 saturated carbocycles. The zero-order valence-electron chi connectivity index (χ0n) is 13.4. The number of anilines is 1. The van der Waals surface area contributed by atoms with Crippen molar-refractivity contribution < 1.29 is 4.79 Å². The van der Waals surface area contributed by atoms with E-state index in [0.29, 0.717) is 10.3 Å². The van der Waals surface area contributed by atoms with Crippen molar-refractivity contribution in [1.29, 1.82) is 0 Å². The Morgan fingerprint density at radius 2 is 2.12 bits per heavy atom. The Morgan fingerprint density at radius 1 is 1.32 bits per heavy atom. The molecule has 0 fully saturated rings. The zero-order chi connectivity index (χ0) is 17.1. The molecule has 1 amide bonds. The average Bonchev–Trinajstić information content (AvgIpc) is 3.12. The quantitative estimate of drug-likeness (QED) is 0.451. The molecule has 7 nitrogen and oxygen atoms in total. The van der Waals surface area contributed by atoms with Gasteiger partial charge >= 0.3 is 0 Å². The molecule has 2 aromatic heterocycles. The molecule has 10 heteroatoms. The van der Waals surface area contributed by atoms with Gasteiger partial charge in [-0.15, -0.1) is 23.7 Å². The molecular formula is C15H17ClN6OS2. The number of carbonyl (C=O) groups is 1. The lowest BCUT2D eigenvalue weighted by Crippen LogP contribution is -2.21. The first kappa shape index (κ1) is 19.1. The van der Waals surface area contributed by atoms with Crippen molar-refractivity contribution in [3.05, 3.63) is 34.8 Å². The highest BCUT2D eigenvalue weighted by Gasteiger charge is 2.13. The number of carbonyl (C=O) groups excluding carboxylic acids is 1. The number of thiazole rings is 2. The lowest BCUT2D eigenvalue weighted by Gasteiger charge is -1.96. The van der Waals surface area contributed by atoms with Crippen molar-refractivity contribution in [3.63, 3.8) is 0 Å². The first-order chi connectivity index (χ1) is 11.5. The molecule has 0 aliphatic rings. The minimum Gasteiger partial charge on any atom is -0.370 e. The number of fused-ring (bicyclic) bond motifs is 1. The molecule has 0 aliphatic heterocycles. The smallest absolute Gasteiger partial charge is 0.276 e. The van der Waals surface area contributed by atoms with Crippen LogP contribution in [0.25, 0.3) is 10.2 Å². The predicted molar refractivity (Wildman–Crippen MR) is 106 cm³/mol. The Labute approximate surface area is 158 Å². The van der Waals surface area contributed by atoms with Crippen molar-refractivity contribution in [2.45, 2.75) is 19.8 Å². The number of nitrogens with one attached hydrogen (secondary N) is 1. The van der Waals surface area contributed by atoms with Crippen molar-refractivity contribution >= 4 is 67.4 Å². The average molecular weight is 397 g/mol. The topological polar surface area (TPSA) is 119 Å². The molecule has 0 aliphatic carbocycles. The highest BCUT2D eigenvalue weighted by molar-refractivity contribution is 7.22. The summed E-state index contributed by atoms with van der Waals surface area (Å²) in [6.45, 7) is 2.15. The summed E-state index contributed by atoms with van der Waals surface area (Å²) in [7, 11) is 0. The lowest BCUT2D eigenvalue weighted by atomic mass is 10.1. The number of guanidine groups is 1. The molecular weight excluding hydrogens is 380 g/mol. The summed E-state index contributed by atoms with van der Waals surface area (Å²) in [5.41, 5.74) is 13.0. The SMILES string of the molecule is CCCc1ccc2nc(NC(=O)c3csc(N=C(N)N)n3)sc2c1.Cl. The molecule has 0 atom stereocenters. The molecule has 5 N–H and O–H groups in total. The number of aromatic nitrogens is 2. The van der Waals surface area contributed by atoms with E-state index in [1.165, 1.54) is 28.2 Å². The Kier molecular flexibility index (Phi) is 6.29. The molecule has 0 saturated heterocycles. The largest absolute Gasteiger partial charge is 0.370 e. The van der Waals surface area contributed by atoms with E-state index in [9.17, 15) is 4.79 Å². The van der Waals surface area contributed by atoms with Gasteiger partial charge in [0, 0.05) is 5.38 Å². The van der Waals surface area contributed by atoms with Crippen LogP contribution < -0.4 is 16.8 Å². The van der Waals surface area contributed by atoms with E-state index in [2.05, 4.69) is 39.3 Å². The number of amides is 1. The van der Waals surface area contributed by atoms with Gasteiger partial charge in [0.1, 0.15) is 5.69 Å². The highest BCUT2D eigenvalue weighted by atomic mass is 35.5. The standard InChI is InChI=1S/C15H16N6OS2.ClH/c1-2-3-8-4-5-9-11(6-8)24-15(18-9)20-12(22)10-7-23-14(19-10)21-13(16)17;/h4-7H,2-3H2,1H3,(H,18,20,22)(H4,16,17,19,21);1H. The Morgan fingerprint density at radius 3 is 2.84 bits per heavy atom. The van der Waals surface area contributed by atoms with Crippen LogP contribution in [0.3, 0.4) is 0 Å². The molecule has 2 heterocycles. The molecule has 0 bridgehead atoms. The van der Waals surface area contributed by atoms with Crippen LogP contribution in [0.15, 0.2) is 28.6 Å². The summed E-state index contributed by atoms with van der Waals surface area (Å²) < 4.78 is 1.05. The van der Waals surface area contributed by atoms with Gasteiger partial charge in [-0.1, -0.05) is 30.7 Å². The van der Waals surface area contributed by atoms with E-state index < -0.39 is 0 Å². The van der Waals surface area contributed by atoms with Crippen LogP contribution in [0, 0.1) is 0 Å². The van der Waals surface area contributed by atoms with E-state index >= 15 is 0 Å². The second kappa shape index (κ2) is 8.24. The van der Waals surface area contributed by atoms with E-state index in [1.54, 1.807) is 5.38 Å². The van der Waals surface area contributed by atoms with Gasteiger partial charge in [-0.2, -0.15) is 4.99 Å². The fourth-order valence-corrected chi connectivity index (χ4v) is 3.77. The number of aliphatic imine (C=N–C) groups is 1. The molecule has 1 aromatic carbocycles. The summed E-state index contributed by atoms with van der Waals surface area (Å²) >= 11 is 2.64. The maximum absolute atomic E-state index is 12.2. The third-order valence-electron chi connectivity index (χ3n) is 3.16. The predicted octanol–water partition coefficient (Wildman–Crippen LogP) is 3.28. The van der Waals surface area contributed by atoms with Gasteiger partial charge < -0.3 is 11.5 Å². The van der Waals surface area contributed by atoms with Crippen LogP contribution in [0.1, 0.15) is 29.4 Å². The van der Waals surface area contributed by atoms with E-state index in [1.807, 2.05) is 6.07 Å². The monoisotopic (exact) mass is 396 g/mol. The van der Waals surface area contributed by atoms with Crippen molar-refractivity contribution in [2.24, 2.45) is 16.5 Å². The molecule has 25 heavy (non-hydrogen) atoms. The van der Waals surface area contributed by atoms with Gasteiger partial charge in [0.25, 0.3) is 5.91 Å². The second-order valence-corrected chi connectivity index (χ2v) is 6.94. The fourth-order valence-electron chi connectivity index (χ4n) is 2.16. The first-order valence-electron chi connectivity index (χ1n) is 7.31. The second-order valence-electron chi connectivity index (χ2n) is 5.08. The van der Waals surface area contributed by atoms with Crippen LogP contribution >= 0.6 is 35.1 Å². The number of benzene rings is 1. The van der Waals surface area contributed by atoms with Crippen molar-refractivity contribution in [1.82, 2.24) is 9.97 Å². The van der Waals surface area contributed by atoms with Gasteiger partial charge in [-0.25, -0.2) is 9.97 Å². The van der Waals surface area contributed by atoms with Crippen LogP contribution in [0.2, 0.25) is 0 Å². The third kappa shape index (κ3) is 4.65. The molecule has 132 valence electrons. The van der Waals surface area contributed by atoms with Gasteiger partial charge in [0.15, 0.2) is 11.1 Å². The van der Waals surface area contributed by atoms with Gasteiger partial charge in [0.05, 0.1) is 10.2 Å². The lowest BCUT2D eigenvalue weighted by molar-refractivity contribution is 0.102. The minimum absolute atomic E-state index is 0. The van der Waals surface area contributed by atoms with Crippen LogP contribution in [0.4, 0.5) is 10.3 Å². The van der Waals surface area contributed by atoms with E-state index in [4.69, 9.17) is 11.5 Å². The zero-order valence-corrected chi connectivity index (χ0v) is 15.8. The van der Waals surface area contributed by atoms with E-state index in [0.717, 1.165) is 23.1 Å². The Balaban J connectivity index is 0.00000225. The number of hydrogen-bond donors (Lipinski definition) is 3. The summed E-state index contributed by atoms with van der Waals surface area (Å²) in [5.74, 6) is -0.429. The van der Waals surface area contributed by atoms with Crippen LogP contribution in [-0.4, -0.2) is 21.8 Å². The maximum atomic E-state index is 12.2. The summed E-state index contributed by atoms with van der Waals surface area (Å²) in [6.07, 6.45) is 2.12. The number of rotatable bonds is 5. The number of aryl methyl sites for hydroxylation is 1. The molecule has 0 unspecified atom stereocenters. The van der Waals surface area contributed by atoms with Gasteiger partial charge in [-0.05, 0) is 24.1 Å². The number of nitrogens with zero attached hydrogens (tertiary/aromatic N) is 3. The van der Waals surface area contributed by atoms with Gasteiger partial charge in [0.2, 0.25) is 5.13 Å². The molecule has 0 radical (unpaired) electrons. The third-order valence-corrected chi connectivity index (χ3v) is 4.83. The fraction of sp³-hybridized carbons (Fsp3) is 0.200. The van der Waals surface area contributed by atoms with Gasteiger partial charge in [-0.3, -0.25) is 10.1 Å². The normalized spacial score (nSPS) is 10.3. The number of hydrogen-bond acceptors (Lipinski definition) is 6. The van der Waals surface area contributed by atoms with Crippen molar-refractivity contribution in [2.75, 3.05) is 5.32 Å². The van der Waals surface area contributed by atoms with Crippen molar-refractivity contribution in [3.8, 4) is 0 Å². The first-order valence-corrected chi connectivity index (χ1v) is 9.00. The number of halogens is 1. The van der Waals surface area contributed by atoms with Crippen LogP contribution in [-0.2, 0) is 6.42 Å². The number of nitrogens with two attached hydrogens (primary N) is 2. The minimum atomic E-state index is -0.337. The molecule has 3 rings (SSSR count). The van der Waals surface area contributed by atoms with Crippen LogP contribution in [0.5, 0.6) is 0 Å². The Hall–Kier alpha value is -2.23. The molecule has 3 aromatic rings.